The molecule has 1 aliphatic rings. The number of phenolic OH excluding ortho intramolecular Hbond substituents is 1. The second-order valence-electron chi connectivity index (χ2n) is 3.92. The molecule has 0 aliphatic heterocycles. The molecule has 0 saturated carbocycles. The van der Waals surface area contributed by atoms with Crippen LogP contribution in [-0.4, -0.2) is 5.11 Å². The number of hydrogen-bond donors (Lipinski definition) is 1. The third-order valence-electron chi connectivity index (χ3n) is 2.70. The number of para-hydroxylation sites is 1. The van der Waals surface area contributed by atoms with Crippen LogP contribution in [0.1, 0.15) is 38.7 Å². The molecule has 0 saturated heterocycles. The lowest BCUT2D eigenvalue weighted by Gasteiger charge is -2.04. The molecule has 0 radical (unpaired) electrons. The second-order valence-corrected chi connectivity index (χ2v) is 3.92. The number of benzene rings is 1. The summed E-state index contributed by atoms with van der Waals surface area (Å²) in [4.78, 5) is 0. The molecule has 1 nitrogen and oxygen atoms in total. The van der Waals surface area contributed by atoms with E-state index >= 15 is 0 Å². The molecule has 92 valence electrons. The van der Waals surface area contributed by atoms with Gasteiger partial charge in [0.15, 0.2) is 0 Å². The minimum Gasteiger partial charge on any atom is -0.508 e. The molecule has 1 heteroatoms. The van der Waals surface area contributed by atoms with Gasteiger partial charge in [0.1, 0.15) is 5.75 Å². The topological polar surface area (TPSA) is 20.2 Å². The summed E-state index contributed by atoms with van der Waals surface area (Å²) < 4.78 is 0. The monoisotopic (exact) mass is 230 g/mol. The molecule has 0 bridgehead atoms. The number of phenols is 1. The third kappa shape index (κ3) is 4.48. The van der Waals surface area contributed by atoms with Crippen molar-refractivity contribution in [3.05, 3.63) is 53.6 Å². The molecule has 17 heavy (non-hydrogen) atoms. The van der Waals surface area contributed by atoms with Crippen molar-refractivity contribution in [1.29, 1.82) is 0 Å². The minimum absolute atomic E-state index is 0.399. The molecule has 0 atom stereocenters. The first-order valence-electron chi connectivity index (χ1n) is 6.49. The van der Waals surface area contributed by atoms with Crippen molar-refractivity contribution >= 4 is 0 Å². The average molecular weight is 230 g/mol. The van der Waals surface area contributed by atoms with Gasteiger partial charge in [0.25, 0.3) is 0 Å². The van der Waals surface area contributed by atoms with E-state index < -0.39 is 0 Å². The van der Waals surface area contributed by atoms with Gasteiger partial charge in [-0.15, -0.1) is 0 Å². The molecule has 0 fully saturated rings. The highest BCUT2D eigenvalue weighted by Crippen LogP contribution is 2.21. The summed E-state index contributed by atoms with van der Waals surface area (Å²) in [7, 11) is 0. The van der Waals surface area contributed by atoms with Crippen molar-refractivity contribution in [3.8, 4) is 5.75 Å². The highest BCUT2D eigenvalue weighted by molar-refractivity contribution is 5.37. The molecule has 0 spiro atoms. The first-order chi connectivity index (χ1) is 8.36. The molecule has 0 heterocycles. The van der Waals surface area contributed by atoms with Gasteiger partial charge in [0, 0.05) is 6.42 Å². The molecule has 1 aromatic carbocycles. The van der Waals surface area contributed by atoms with Gasteiger partial charge in [0.05, 0.1) is 0 Å². The predicted molar refractivity (Wildman–Crippen MR) is 74.2 cm³/mol. The van der Waals surface area contributed by atoms with Crippen LogP contribution in [0.25, 0.3) is 0 Å². The fraction of sp³-hybridized carbons (Fsp3) is 0.375. The Hall–Kier alpha value is -1.50. The Labute approximate surface area is 104 Å². The summed E-state index contributed by atoms with van der Waals surface area (Å²) in [5, 5.41) is 9.66. The van der Waals surface area contributed by atoms with Gasteiger partial charge in [-0.1, -0.05) is 50.3 Å². The number of rotatable bonds is 2. The van der Waals surface area contributed by atoms with Gasteiger partial charge in [-0.05, 0) is 36.5 Å². The van der Waals surface area contributed by atoms with Gasteiger partial charge in [0.2, 0.25) is 0 Å². The fourth-order valence-corrected chi connectivity index (χ4v) is 1.84. The Morgan fingerprint density at radius 3 is 2.65 bits per heavy atom. The van der Waals surface area contributed by atoms with Crippen molar-refractivity contribution < 1.29 is 5.11 Å². The maximum Gasteiger partial charge on any atom is 0.119 e. The average Bonchev–Trinajstić information content (AvgIpc) is 2.63. The summed E-state index contributed by atoms with van der Waals surface area (Å²) in [6.07, 6.45) is 11.1. The lowest BCUT2D eigenvalue weighted by Crippen LogP contribution is -1.88. The fourth-order valence-electron chi connectivity index (χ4n) is 1.84. The molecule has 2 rings (SSSR count). The van der Waals surface area contributed by atoms with Gasteiger partial charge >= 0.3 is 0 Å². The Bertz CT molecular complexity index is 388. The van der Waals surface area contributed by atoms with Gasteiger partial charge in [-0.25, -0.2) is 0 Å². The summed E-state index contributed by atoms with van der Waals surface area (Å²) in [6.45, 7) is 4.00. The van der Waals surface area contributed by atoms with Crippen LogP contribution in [0.5, 0.6) is 5.75 Å². The van der Waals surface area contributed by atoms with Crippen LogP contribution >= 0.6 is 0 Å². The van der Waals surface area contributed by atoms with E-state index in [1.807, 2.05) is 32.0 Å². The van der Waals surface area contributed by atoms with E-state index in [-0.39, 0.29) is 0 Å². The maximum absolute atomic E-state index is 9.66. The lowest BCUT2D eigenvalue weighted by molar-refractivity contribution is 0.469. The summed E-state index contributed by atoms with van der Waals surface area (Å²) in [5.41, 5.74) is 2.32. The van der Waals surface area contributed by atoms with E-state index in [1.54, 1.807) is 6.07 Å². The van der Waals surface area contributed by atoms with Gasteiger partial charge in [-0.2, -0.15) is 0 Å². The zero-order valence-electron chi connectivity index (χ0n) is 10.8. The third-order valence-corrected chi connectivity index (χ3v) is 2.70. The largest absolute Gasteiger partial charge is 0.508 e. The molecule has 1 N–H and O–H groups in total. The van der Waals surface area contributed by atoms with Gasteiger partial charge in [-0.3, -0.25) is 0 Å². The van der Waals surface area contributed by atoms with Crippen LogP contribution in [0.4, 0.5) is 0 Å². The summed E-state index contributed by atoms with van der Waals surface area (Å²) in [6, 6.07) is 7.55. The van der Waals surface area contributed by atoms with Crippen molar-refractivity contribution in [2.45, 2.75) is 39.5 Å². The normalized spacial score (nSPS) is 14.4. The van der Waals surface area contributed by atoms with Crippen LogP contribution in [0.3, 0.4) is 0 Å². The smallest absolute Gasteiger partial charge is 0.119 e. The van der Waals surface area contributed by atoms with Crippen molar-refractivity contribution in [3.63, 3.8) is 0 Å². The molecule has 0 amide bonds. The number of hydrogen-bond acceptors (Lipinski definition) is 1. The summed E-state index contributed by atoms with van der Waals surface area (Å²) >= 11 is 0. The van der Waals surface area contributed by atoms with Crippen LogP contribution in [0.2, 0.25) is 0 Å². The molecule has 1 aliphatic carbocycles. The lowest BCUT2D eigenvalue weighted by atomic mass is 10.0. The zero-order chi connectivity index (χ0) is 12.5. The van der Waals surface area contributed by atoms with Crippen LogP contribution in [-0.2, 0) is 6.42 Å². The SMILES string of the molecule is CC.Oc1ccccc1CC1=CCCCC=C1. The van der Waals surface area contributed by atoms with E-state index in [1.165, 1.54) is 18.4 Å². The van der Waals surface area contributed by atoms with E-state index in [9.17, 15) is 5.11 Å². The number of aromatic hydroxyl groups is 1. The first-order valence-corrected chi connectivity index (χ1v) is 6.49. The zero-order valence-corrected chi connectivity index (χ0v) is 10.8. The minimum atomic E-state index is 0.399. The standard InChI is InChI=1S/C14H16O.C2H6/c15-14-10-6-5-9-13(14)11-12-7-3-1-2-4-8-12;1-2/h3,5-10,15H,1-2,4,11H2;1-2H3. The summed E-state index contributed by atoms with van der Waals surface area (Å²) in [5.74, 6) is 0.399. The molecule has 0 aromatic heterocycles. The molecule has 0 unspecified atom stereocenters. The van der Waals surface area contributed by atoms with Crippen molar-refractivity contribution in [2.75, 3.05) is 0 Å². The Morgan fingerprint density at radius 2 is 1.88 bits per heavy atom. The van der Waals surface area contributed by atoms with Crippen molar-refractivity contribution in [2.24, 2.45) is 0 Å². The second kappa shape index (κ2) is 7.72. The van der Waals surface area contributed by atoms with E-state index in [0.29, 0.717) is 5.75 Å². The van der Waals surface area contributed by atoms with Crippen molar-refractivity contribution in [1.82, 2.24) is 0 Å². The van der Waals surface area contributed by atoms with Crippen LogP contribution in [0, 0.1) is 0 Å². The molecular weight excluding hydrogens is 208 g/mol. The van der Waals surface area contributed by atoms with Gasteiger partial charge < -0.3 is 5.11 Å². The quantitative estimate of drug-likeness (QED) is 0.785. The first kappa shape index (κ1) is 13.6. The Morgan fingerprint density at radius 1 is 1.12 bits per heavy atom. The van der Waals surface area contributed by atoms with E-state index in [0.717, 1.165) is 18.4 Å². The predicted octanol–water partition coefficient (Wildman–Crippen LogP) is 4.63. The van der Waals surface area contributed by atoms with E-state index in [2.05, 4.69) is 18.2 Å². The molecule has 1 aromatic rings. The maximum atomic E-state index is 9.66. The number of allylic oxidation sites excluding steroid dienone is 4. The highest BCUT2D eigenvalue weighted by Gasteiger charge is 2.02. The highest BCUT2D eigenvalue weighted by atomic mass is 16.3. The van der Waals surface area contributed by atoms with Crippen LogP contribution in [0.15, 0.2) is 48.1 Å². The van der Waals surface area contributed by atoms with E-state index in [4.69, 9.17) is 0 Å². The molecular formula is C16H22O. The van der Waals surface area contributed by atoms with Crippen LogP contribution < -0.4 is 0 Å². The Kier molecular flexibility index (Phi) is 6.16. The Balaban J connectivity index is 0.000000686.